The average molecular weight is 343 g/mol. The van der Waals surface area contributed by atoms with E-state index in [9.17, 15) is 18.3 Å². The molecule has 1 aromatic rings. The fourth-order valence-corrected chi connectivity index (χ4v) is 2.85. The second-order valence-corrected chi connectivity index (χ2v) is 8.13. The van der Waals surface area contributed by atoms with Gasteiger partial charge in [0.1, 0.15) is 11.4 Å². The highest BCUT2D eigenvalue weighted by Gasteiger charge is 2.37. The smallest absolute Gasteiger partial charge is 0.414 e. The van der Waals surface area contributed by atoms with E-state index in [4.69, 9.17) is 8.92 Å². The van der Waals surface area contributed by atoms with E-state index >= 15 is 0 Å². The van der Waals surface area contributed by atoms with E-state index in [1.165, 1.54) is 11.0 Å². The molecule has 0 radical (unpaired) electrons. The van der Waals surface area contributed by atoms with Crippen molar-refractivity contribution in [2.45, 2.75) is 32.3 Å². The van der Waals surface area contributed by atoms with Crippen LogP contribution in [0.1, 0.15) is 32.3 Å². The first-order valence-electron chi connectivity index (χ1n) is 7.15. The highest BCUT2D eigenvalue weighted by molar-refractivity contribution is 7.85. The zero-order chi connectivity index (χ0) is 17.4. The summed E-state index contributed by atoms with van der Waals surface area (Å²) in [6, 6.07) is 4.79. The Kier molecular flexibility index (Phi) is 4.59. The maximum atomic E-state index is 12.3. The molecule has 1 aromatic carbocycles. The van der Waals surface area contributed by atoms with Crippen LogP contribution >= 0.6 is 0 Å². The number of amides is 1. The van der Waals surface area contributed by atoms with E-state index in [2.05, 4.69) is 0 Å². The normalized spacial score (nSPS) is 17.9. The minimum absolute atomic E-state index is 0.00402. The van der Waals surface area contributed by atoms with Crippen molar-refractivity contribution in [2.75, 3.05) is 24.3 Å². The summed E-state index contributed by atoms with van der Waals surface area (Å²) in [6.45, 7) is 5.30. The molecule has 0 saturated carbocycles. The van der Waals surface area contributed by atoms with Crippen LogP contribution in [0.5, 0.6) is 5.75 Å². The van der Waals surface area contributed by atoms with Gasteiger partial charge < -0.3 is 9.84 Å². The fourth-order valence-electron chi connectivity index (χ4n) is 2.44. The standard InChI is InChI=1S/C15H21NO6S/c1-15(2,3)22-14(18)16-8-10(9-21-23(4,19)20)13-11(16)6-5-7-12(13)17/h5-7,10,17H,8-9H2,1-4H3. The van der Waals surface area contributed by atoms with Crippen molar-refractivity contribution in [2.24, 2.45) is 0 Å². The molecule has 0 spiro atoms. The Morgan fingerprint density at radius 1 is 1.39 bits per heavy atom. The van der Waals surface area contributed by atoms with Gasteiger partial charge in [-0.15, -0.1) is 0 Å². The van der Waals surface area contributed by atoms with E-state index < -0.39 is 27.7 Å². The van der Waals surface area contributed by atoms with Crippen molar-refractivity contribution >= 4 is 21.9 Å². The summed E-state index contributed by atoms with van der Waals surface area (Å²) in [5.41, 5.74) is 0.332. The van der Waals surface area contributed by atoms with E-state index in [-0.39, 0.29) is 18.9 Å². The number of fused-ring (bicyclic) bond motifs is 1. The predicted octanol–water partition coefficient (Wildman–Crippen LogP) is 2.21. The van der Waals surface area contributed by atoms with Gasteiger partial charge in [0.25, 0.3) is 10.1 Å². The summed E-state index contributed by atoms with van der Waals surface area (Å²) in [5.74, 6) is -0.455. The van der Waals surface area contributed by atoms with Crippen LogP contribution in [-0.2, 0) is 19.0 Å². The number of anilines is 1. The molecule has 0 aromatic heterocycles. The molecule has 23 heavy (non-hydrogen) atoms. The molecule has 1 amide bonds. The largest absolute Gasteiger partial charge is 0.508 e. The second kappa shape index (κ2) is 6.01. The SMILES string of the molecule is CC(C)(C)OC(=O)N1CC(COS(C)(=O)=O)c2c(O)cccc21. The number of carbonyl (C=O) groups is 1. The predicted molar refractivity (Wildman–Crippen MR) is 85.2 cm³/mol. The molecule has 128 valence electrons. The van der Waals surface area contributed by atoms with E-state index in [0.717, 1.165) is 6.26 Å². The Bertz CT molecular complexity index is 707. The van der Waals surface area contributed by atoms with Gasteiger partial charge in [-0.1, -0.05) is 6.07 Å². The van der Waals surface area contributed by atoms with Gasteiger partial charge in [0, 0.05) is 18.0 Å². The van der Waals surface area contributed by atoms with Crippen LogP contribution in [0.25, 0.3) is 0 Å². The van der Waals surface area contributed by atoms with Gasteiger partial charge in [0.05, 0.1) is 18.6 Å². The minimum atomic E-state index is -3.61. The van der Waals surface area contributed by atoms with Crippen LogP contribution in [0.4, 0.5) is 10.5 Å². The van der Waals surface area contributed by atoms with Crippen molar-refractivity contribution in [3.05, 3.63) is 23.8 Å². The molecular weight excluding hydrogens is 322 g/mol. The minimum Gasteiger partial charge on any atom is -0.508 e. The van der Waals surface area contributed by atoms with Crippen LogP contribution in [0.3, 0.4) is 0 Å². The Morgan fingerprint density at radius 3 is 2.61 bits per heavy atom. The van der Waals surface area contributed by atoms with Crippen molar-refractivity contribution < 1.29 is 27.2 Å². The van der Waals surface area contributed by atoms with Gasteiger partial charge in [-0.25, -0.2) is 4.79 Å². The lowest BCUT2D eigenvalue weighted by Crippen LogP contribution is -2.36. The second-order valence-electron chi connectivity index (χ2n) is 6.49. The van der Waals surface area contributed by atoms with Crippen LogP contribution in [0, 0.1) is 0 Å². The first-order valence-corrected chi connectivity index (χ1v) is 8.96. The lowest BCUT2D eigenvalue weighted by atomic mass is 10.0. The Morgan fingerprint density at radius 2 is 2.04 bits per heavy atom. The molecule has 0 saturated heterocycles. The molecule has 2 rings (SSSR count). The fraction of sp³-hybridized carbons (Fsp3) is 0.533. The van der Waals surface area contributed by atoms with Gasteiger partial charge in [0.15, 0.2) is 0 Å². The number of carbonyl (C=O) groups excluding carboxylic acids is 1. The average Bonchev–Trinajstić information content (AvgIpc) is 2.74. The van der Waals surface area contributed by atoms with Gasteiger partial charge >= 0.3 is 6.09 Å². The zero-order valence-corrected chi connectivity index (χ0v) is 14.4. The third-order valence-corrected chi connectivity index (χ3v) is 3.82. The molecule has 1 aliphatic rings. The number of rotatable bonds is 3. The Balaban J connectivity index is 2.29. The summed E-state index contributed by atoms with van der Waals surface area (Å²) >= 11 is 0. The summed E-state index contributed by atoms with van der Waals surface area (Å²) in [7, 11) is -3.61. The zero-order valence-electron chi connectivity index (χ0n) is 13.6. The molecule has 0 aliphatic carbocycles. The van der Waals surface area contributed by atoms with Crippen LogP contribution in [0.15, 0.2) is 18.2 Å². The van der Waals surface area contributed by atoms with Crippen LogP contribution < -0.4 is 4.90 Å². The summed E-state index contributed by atoms with van der Waals surface area (Å²) in [6.07, 6.45) is 0.408. The summed E-state index contributed by atoms with van der Waals surface area (Å²) in [5, 5.41) is 10.1. The lowest BCUT2D eigenvalue weighted by Gasteiger charge is -2.25. The third kappa shape index (κ3) is 4.35. The van der Waals surface area contributed by atoms with Gasteiger partial charge in [-0.2, -0.15) is 8.42 Å². The lowest BCUT2D eigenvalue weighted by molar-refractivity contribution is 0.0581. The number of hydrogen-bond donors (Lipinski definition) is 1. The maximum absolute atomic E-state index is 12.3. The summed E-state index contributed by atoms with van der Waals surface area (Å²) in [4.78, 5) is 13.7. The number of phenolic OH excluding ortho intramolecular Hbond substituents is 1. The molecule has 7 nitrogen and oxygen atoms in total. The molecule has 1 atom stereocenters. The molecule has 1 heterocycles. The number of aromatic hydroxyl groups is 1. The van der Waals surface area contributed by atoms with Crippen LogP contribution in [-0.4, -0.2) is 44.6 Å². The van der Waals surface area contributed by atoms with E-state index in [1.807, 2.05) is 0 Å². The molecule has 0 fully saturated rings. The molecule has 0 bridgehead atoms. The number of nitrogens with zero attached hydrogens (tertiary/aromatic N) is 1. The maximum Gasteiger partial charge on any atom is 0.414 e. The van der Waals surface area contributed by atoms with Gasteiger partial charge in [-0.05, 0) is 32.9 Å². The van der Waals surface area contributed by atoms with Crippen molar-refractivity contribution in [1.82, 2.24) is 0 Å². The highest BCUT2D eigenvalue weighted by Crippen LogP contribution is 2.42. The molecule has 1 aliphatic heterocycles. The highest BCUT2D eigenvalue weighted by atomic mass is 32.2. The number of benzene rings is 1. The quantitative estimate of drug-likeness (QED) is 0.846. The third-order valence-electron chi connectivity index (χ3n) is 3.26. The first-order chi connectivity index (χ1) is 10.5. The van der Waals surface area contributed by atoms with Gasteiger partial charge in [0.2, 0.25) is 0 Å². The summed E-state index contributed by atoms with van der Waals surface area (Å²) < 4.78 is 32.6. The van der Waals surface area contributed by atoms with Crippen molar-refractivity contribution in [1.29, 1.82) is 0 Å². The van der Waals surface area contributed by atoms with E-state index in [1.54, 1.807) is 32.9 Å². The Labute approximate surface area is 135 Å². The monoisotopic (exact) mass is 343 g/mol. The first kappa shape index (κ1) is 17.6. The van der Waals surface area contributed by atoms with Crippen molar-refractivity contribution in [3.63, 3.8) is 0 Å². The molecule has 8 heteroatoms. The topological polar surface area (TPSA) is 93.1 Å². The van der Waals surface area contributed by atoms with Crippen LogP contribution in [0.2, 0.25) is 0 Å². The Hall–Kier alpha value is -1.80. The molecule has 1 N–H and O–H groups in total. The van der Waals surface area contributed by atoms with E-state index in [0.29, 0.717) is 11.3 Å². The number of hydrogen-bond acceptors (Lipinski definition) is 6. The molecular formula is C15H21NO6S. The number of ether oxygens (including phenoxy) is 1. The van der Waals surface area contributed by atoms with Gasteiger partial charge in [-0.3, -0.25) is 9.08 Å². The van der Waals surface area contributed by atoms with Crippen molar-refractivity contribution in [3.8, 4) is 5.75 Å². The molecule has 1 unspecified atom stereocenters. The number of phenols is 1.